The second-order valence-corrected chi connectivity index (χ2v) is 14.8. The number of hydrogen-bond acceptors (Lipinski definition) is 9. The van der Waals surface area contributed by atoms with E-state index < -0.39 is 51.8 Å². The molecule has 0 saturated heterocycles. The average Bonchev–Trinajstić information content (AvgIpc) is 3.07. The molecule has 1 unspecified atom stereocenters. The predicted octanol–water partition coefficient (Wildman–Crippen LogP) is 9.50. The van der Waals surface area contributed by atoms with Gasteiger partial charge in [0.05, 0.1) is 19.8 Å². The van der Waals surface area contributed by atoms with E-state index in [2.05, 4.69) is 18.4 Å². The van der Waals surface area contributed by atoms with Crippen LogP contribution in [0.1, 0.15) is 187 Å². The highest BCUT2D eigenvalue weighted by molar-refractivity contribution is 7.47. The molecule has 10 nitrogen and oxygen atoms in total. The van der Waals surface area contributed by atoms with Crippen molar-refractivity contribution in [1.29, 1.82) is 0 Å². The summed E-state index contributed by atoms with van der Waals surface area (Å²) in [5, 5.41) is 18.3. The first kappa shape index (κ1) is 47.0. The van der Waals surface area contributed by atoms with E-state index in [1.165, 1.54) is 109 Å². The molecule has 3 N–H and O–H groups in total. The smallest absolute Gasteiger partial charge is 0.462 e. The molecule has 3 atom stereocenters. The molecule has 0 radical (unpaired) electrons. The number of rotatable bonds is 37. The first-order valence-electron chi connectivity index (χ1n) is 19.5. The highest BCUT2D eigenvalue weighted by atomic mass is 31.2. The van der Waals surface area contributed by atoms with E-state index >= 15 is 0 Å². The van der Waals surface area contributed by atoms with Crippen molar-refractivity contribution in [3.8, 4) is 0 Å². The number of carbonyl (C=O) groups is 2. The third kappa shape index (κ3) is 33.5. The molecule has 0 rings (SSSR count). The third-order valence-corrected chi connectivity index (χ3v) is 9.46. The second kappa shape index (κ2) is 34.4. The van der Waals surface area contributed by atoms with Crippen LogP contribution in [-0.2, 0) is 32.7 Å². The molecule has 11 heteroatoms. The first-order valence-corrected chi connectivity index (χ1v) is 21.0. The van der Waals surface area contributed by atoms with Crippen molar-refractivity contribution < 1.29 is 47.8 Å². The lowest BCUT2D eigenvalue weighted by Crippen LogP contribution is -2.29. The Balaban J connectivity index is 4.31. The maximum Gasteiger partial charge on any atom is 0.472 e. The predicted molar refractivity (Wildman–Crippen MR) is 192 cm³/mol. The van der Waals surface area contributed by atoms with E-state index in [1.807, 2.05) is 0 Å². The highest BCUT2D eigenvalue weighted by Crippen LogP contribution is 2.43. The molecule has 0 aliphatic rings. The fraction of sp³-hybridized carbons (Fsp3) is 0.946. The lowest BCUT2D eigenvalue weighted by atomic mass is 10.0. The Morgan fingerprint density at radius 3 is 1.29 bits per heavy atom. The quantitative estimate of drug-likeness (QED) is 0.0324. The van der Waals surface area contributed by atoms with Crippen LogP contribution >= 0.6 is 7.82 Å². The minimum Gasteiger partial charge on any atom is -0.462 e. The zero-order chi connectivity index (χ0) is 35.6. The molecule has 0 aromatic carbocycles. The molecule has 0 bridgehead atoms. The van der Waals surface area contributed by atoms with Crippen molar-refractivity contribution in [3.63, 3.8) is 0 Å². The van der Waals surface area contributed by atoms with Gasteiger partial charge in [0, 0.05) is 12.8 Å². The third-order valence-electron chi connectivity index (χ3n) is 8.51. The number of ether oxygens (including phenoxy) is 2. The van der Waals surface area contributed by atoms with Gasteiger partial charge >= 0.3 is 19.8 Å². The number of phosphoric ester groups is 1. The Bertz CT molecular complexity index is 781. The summed E-state index contributed by atoms with van der Waals surface area (Å²) in [6, 6.07) is 0. The van der Waals surface area contributed by atoms with Gasteiger partial charge in [0.2, 0.25) is 0 Å². The summed E-state index contributed by atoms with van der Waals surface area (Å²) in [7, 11) is -4.60. The molecule has 0 heterocycles. The van der Waals surface area contributed by atoms with E-state index in [1.54, 1.807) is 0 Å². The van der Waals surface area contributed by atoms with Crippen LogP contribution in [0.3, 0.4) is 0 Å². The molecular formula is C37H73O10P. The van der Waals surface area contributed by atoms with E-state index in [0.717, 1.165) is 38.5 Å². The van der Waals surface area contributed by atoms with Gasteiger partial charge in [-0.3, -0.25) is 18.6 Å². The second-order valence-electron chi connectivity index (χ2n) is 13.3. The lowest BCUT2D eigenvalue weighted by Gasteiger charge is -2.20. The molecule has 0 fully saturated rings. The molecule has 48 heavy (non-hydrogen) atoms. The molecule has 0 aliphatic carbocycles. The molecule has 0 spiro atoms. The van der Waals surface area contributed by atoms with Crippen LogP contribution in [0.15, 0.2) is 0 Å². The minimum atomic E-state index is -4.60. The van der Waals surface area contributed by atoms with Gasteiger partial charge in [-0.15, -0.1) is 0 Å². The van der Waals surface area contributed by atoms with Crippen molar-refractivity contribution in [3.05, 3.63) is 0 Å². The lowest BCUT2D eigenvalue weighted by molar-refractivity contribution is -0.161. The average molecular weight is 709 g/mol. The monoisotopic (exact) mass is 708 g/mol. The molecule has 0 amide bonds. The topological polar surface area (TPSA) is 149 Å². The van der Waals surface area contributed by atoms with Crippen molar-refractivity contribution in [2.75, 3.05) is 26.4 Å². The van der Waals surface area contributed by atoms with Gasteiger partial charge < -0.3 is 24.6 Å². The maximum atomic E-state index is 12.5. The molecule has 0 saturated carbocycles. The Labute approximate surface area is 293 Å². The molecule has 286 valence electrons. The Hall–Kier alpha value is -1.03. The zero-order valence-electron chi connectivity index (χ0n) is 30.7. The highest BCUT2D eigenvalue weighted by Gasteiger charge is 2.27. The van der Waals surface area contributed by atoms with Gasteiger partial charge in [-0.05, 0) is 12.8 Å². The van der Waals surface area contributed by atoms with E-state index in [9.17, 15) is 24.2 Å². The summed E-state index contributed by atoms with van der Waals surface area (Å²) in [5.74, 6) is -0.916. The number of phosphoric acid groups is 1. The van der Waals surface area contributed by atoms with E-state index in [0.29, 0.717) is 12.8 Å². The molecule has 0 aromatic rings. The molecular weight excluding hydrogens is 635 g/mol. The number of aliphatic hydroxyl groups excluding tert-OH is 2. The summed E-state index contributed by atoms with van der Waals surface area (Å²) in [6.45, 7) is 2.38. The minimum absolute atomic E-state index is 0.192. The summed E-state index contributed by atoms with van der Waals surface area (Å²) in [5.41, 5.74) is 0. The maximum absolute atomic E-state index is 12.5. The Morgan fingerprint density at radius 2 is 0.896 bits per heavy atom. The van der Waals surface area contributed by atoms with Gasteiger partial charge in [0.25, 0.3) is 0 Å². The number of unbranched alkanes of at least 4 members (excludes halogenated alkanes) is 23. The van der Waals surface area contributed by atoms with Gasteiger partial charge in [-0.2, -0.15) is 0 Å². The van der Waals surface area contributed by atoms with Crippen molar-refractivity contribution in [1.82, 2.24) is 0 Å². The van der Waals surface area contributed by atoms with Gasteiger partial charge in [-0.25, -0.2) is 4.57 Å². The number of aliphatic hydroxyl groups is 2. The van der Waals surface area contributed by atoms with Crippen molar-refractivity contribution >= 4 is 19.8 Å². The van der Waals surface area contributed by atoms with E-state index in [-0.39, 0.29) is 19.4 Å². The number of carbonyl (C=O) groups excluding carboxylic acids is 2. The van der Waals surface area contributed by atoms with Crippen LogP contribution < -0.4 is 0 Å². The first-order chi connectivity index (χ1) is 23.2. The van der Waals surface area contributed by atoms with Crippen molar-refractivity contribution in [2.45, 2.75) is 199 Å². The Kier molecular flexibility index (Phi) is 33.7. The number of hydrogen-bond donors (Lipinski definition) is 3. The summed E-state index contributed by atoms with van der Waals surface area (Å²) < 4.78 is 32.6. The Morgan fingerprint density at radius 1 is 0.542 bits per heavy atom. The number of esters is 2. The van der Waals surface area contributed by atoms with Crippen LogP contribution in [0.25, 0.3) is 0 Å². The van der Waals surface area contributed by atoms with Crippen LogP contribution in [0.5, 0.6) is 0 Å². The molecule has 0 aliphatic heterocycles. The van der Waals surface area contributed by atoms with Crippen LogP contribution in [-0.4, -0.2) is 65.7 Å². The van der Waals surface area contributed by atoms with Crippen LogP contribution in [0.4, 0.5) is 0 Å². The summed E-state index contributed by atoms with van der Waals surface area (Å²) in [6.07, 6.45) is 27.9. The van der Waals surface area contributed by atoms with Gasteiger partial charge in [0.15, 0.2) is 6.10 Å². The zero-order valence-corrected chi connectivity index (χ0v) is 31.6. The SMILES string of the molecule is CCCCCCCCCCCCCCCCCC(=O)O[C@@H](COC(=O)CCCCCCCCCCCC)COP(=O)(O)OC[C@H](O)CO. The van der Waals surface area contributed by atoms with Gasteiger partial charge in [0.1, 0.15) is 12.7 Å². The largest absolute Gasteiger partial charge is 0.472 e. The van der Waals surface area contributed by atoms with E-state index in [4.69, 9.17) is 19.1 Å². The fourth-order valence-corrected chi connectivity index (χ4v) is 6.25. The standard InChI is InChI=1S/C37H73O10P/c1-3-5-7-9-11-13-15-16-17-18-19-21-23-25-27-29-37(41)47-35(33-46-48(42,43)45-31-34(39)30-38)32-44-36(40)28-26-24-22-20-14-12-10-8-6-4-2/h34-35,38-39H,3-33H2,1-2H3,(H,42,43)/t34-,35+/m1/s1. The van der Waals surface area contributed by atoms with Crippen LogP contribution in [0, 0.1) is 0 Å². The summed E-state index contributed by atoms with van der Waals surface area (Å²) >= 11 is 0. The normalized spacial score (nSPS) is 14.0. The van der Waals surface area contributed by atoms with Gasteiger partial charge in [-0.1, -0.05) is 162 Å². The van der Waals surface area contributed by atoms with Crippen molar-refractivity contribution in [2.24, 2.45) is 0 Å². The fourth-order valence-electron chi connectivity index (χ4n) is 5.46. The molecule has 0 aromatic heterocycles. The summed E-state index contributed by atoms with van der Waals surface area (Å²) in [4.78, 5) is 34.8. The van der Waals surface area contributed by atoms with Crippen LogP contribution in [0.2, 0.25) is 0 Å².